The topological polar surface area (TPSA) is 26.0 Å². The van der Waals surface area contributed by atoms with E-state index in [1.807, 2.05) is 24.3 Å². The summed E-state index contributed by atoms with van der Waals surface area (Å²) >= 11 is 5.79. The second kappa shape index (κ2) is 4.64. The first-order valence-electron chi connectivity index (χ1n) is 4.66. The Balaban J connectivity index is 2.77. The third-order valence-electron chi connectivity index (χ3n) is 2.51. The van der Waals surface area contributed by atoms with E-state index in [1.54, 1.807) is 0 Å². The Kier molecular flexibility index (Phi) is 3.76. The van der Waals surface area contributed by atoms with Gasteiger partial charge in [-0.25, -0.2) is 0 Å². The summed E-state index contributed by atoms with van der Waals surface area (Å²) in [5.41, 5.74) is 7.22. The van der Waals surface area contributed by atoms with E-state index in [0.29, 0.717) is 5.92 Å². The van der Waals surface area contributed by atoms with Crippen molar-refractivity contribution in [2.24, 2.45) is 11.7 Å². The van der Waals surface area contributed by atoms with Gasteiger partial charge in [-0.3, -0.25) is 0 Å². The minimum atomic E-state index is 0.127. The number of nitrogens with two attached hydrogens (primary N) is 1. The van der Waals surface area contributed by atoms with Crippen molar-refractivity contribution < 1.29 is 0 Å². The van der Waals surface area contributed by atoms with E-state index in [9.17, 15) is 0 Å². The molecule has 1 rings (SSSR count). The molecule has 0 aliphatic carbocycles. The van der Waals surface area contributed by atoms with Crippen LogP contribution in [0.4, 0.5) is 0 Å². The van der Waals surface area contributed by atoms with Gasteiger partial charge in [-0.1, -0.05) is 44.0 Å². The van der Waals surface area contributed by atoms with Crippen molar-refractivity contribution >= 4 is 11.6 Å². The Labute approximate surface area is 84.9 Å². The monoisotopic (exact) mass is 197 g/mol. The SMILES string of the molecule is CC[C@H](C)[C@H](N)c1ccc(Cl)cc1. The Morgan fingerprint density at radius 1 is 1.31 bits per heavy atom. The lowest BCUT2D eigenvalue weighted by atomic mass is 9.93. The molecule has 2 heteroatoms. The van der Waals surface area contributed by atoms with Gasteiger partial charge in [-0.05, 0) is 23.6 Å². The summed E-state index contributed by atoms with van der Waals surface area (Å²) in [6, 6.07) is 7.90. The Morgan fingerprint density at radius 2 is 1.85 bits per heavy atom. The van der Waals surface area contributed by atoms with Crippen LogP contribution in [-0.2, 0) is 0 Å². The lowest BCUT2D eigenvalue weighted by molar-refractivity contribution is 0.457. The summed E-state index contributed by atoms with van der Waals surface area (Å²) in [7, 11) is 0. The standard InChI is InChI=1S/C11H16ClN/c1-3-8(2)11(13)9-4-6-10(12)7-5-9/h4-8,11H,3,13H2,1-2H3/t8-,11-/m0/s1. The maximum absolute atomic E-state index is 6.06. The van der Waals surface area contributed by atoms with Crippen molar-refractivity contribution in [2.45, 2.75) is 26.3 Å². The lowest BCUT2D eigenvalue weighted by Gasteiger charge is -2.18. The molecular weight excluding hydrogens is 182 g/mol. The molecule has 2 N–H and O–H groups in total. The predicted molar refractivity (Wildman–Crippen MR) is 57.8 cm³/mol. The molecule has 0 radical (unpaired) electrons. The summed E-state index contributed by atoms with van der Waals surface area (Å²) in [4.78, 5) is 0. The predicted octanol–water partition coefficient (Wildman–Crippen LogP) is 3.39. The van der Waals surface area contributed by atoms with Crippen LogP contribution in [0.2, 0.25) is 5.02 Å². The van der Waals surface area contributed by atoms with Crippen LogP contribution in [0.5, 0.6) is 0 Å². The van der Waals surface area contributed by atoms with Gasteiger partial charge in [0.15, 0.2) is 0 Å². The summed E-state index contributed by atoms with van der Waals surface area (Å²) in [6.45, 7) is 4.32. The molecule has 2 atom stereocenters. The van der Waals surface area contributed by atoms with E-state index in [-0.39, 0.29) is 6.04 Å². The number of hydrogen-bond donors (Lipinski definition) is 1. The third kappa shape index (κ3) is 2.71. The van der Waals surface area contributed by atoms with Gasteiger partial charge in [0.25, 0.3) is 0 Å². The van der Waals surface area contributed by atoms with Crippen LogP contribution in [0.25, 0.3) is 0 Å². The molecule has 0 bridgehead atoms. The van der Waals surface area contributed by atoms with Crippen LogP contribution < -0.4 is 5.73 Å². The van der Waals surface area contributed by atoms with Gasteiger partial charge in [0.05, 0.1) is 0 Å². The largest absolute Gasteiger partial charge is 0.324 e. The highest BCUT2D eigenvalue weighted by Crippen LogP contribution is 2.22. The molecule has 0 aliphatic rings. The average Bonchev–Trinajstić information content (AvgIpc) is 2.17. The van der Waals surface area contributed by atoms with E-state index in [4.69, 9.17) is 17.3 Å². The van der Waals surface area contributed by atoms with E-state index in [0.717, 1.165) is 11.4 Å². The number of halogens is 1. The van der Waals surface area contributed by atoms with Crippen molar-refractivity contribution in [3.63, 3.8) is 0 Å². The first kappa shape index (κ1) is 10.6. The molecule has 1 aromatic rings. The summed E-state index contributed by atoms with van der Waals surface area (Å²) in [5, 5.41) is 0.764. The second-order valence-electron chi connectivity index (χ2n) is 3.46. The maximum atomic E-state index is 6.06. The number of hydrogen-bond acceptors (Lipinski definition) is 1. The summed E-state index contributed by atoms with van der Waals surface area (Å²) in [5.74, 6) is 0.515. The van der Waals surface area contributed by atoms with E-state index >= 15 is 0 Å². The quantitative estimate of drug-likeness (QED) is 0.790. The van der Waals surface area contributed by atoms with Gasteiger partial charge in [0, 0.05) is 11.1 Å². The first-order valence-corrected chi connectivity index (χ1v) is 5.04. The van der Waals surface area contributed by atoms with Crippen LogP contribution in [-0.4, -0.2) is 0 Å². The first-order chi connectivity index (χ1) is 6.15. The summed E-state index contributed by atoms with van der Waals surface area (Å²) < 4.78 is 0. The average molecular weight is 198 g/mol. The fraction of sp³-hybridized carbons (Fsp3) is 0.455. The molecule has 0 saturated carbocycles. The van der Waals surface area contributed by atoms with Crippen molar-refractivity contribution in [2.75, 3.05) is 0 Å². The van der Waals surface area contributed by atoms with Crippen LogP contribution in [0, 0.1) is 5.92 Å². The van der Waals surface area contributed by atoms with Gasteiger partial charge in [-0.15, -0.1) is 0 Å². The highest BCUT2D eigenvalue weighted by atomic mass is 35.5. The molecule has 1 aromatic carbocycles. The van der Waals surface area contributed by atoms with Crippen LogP contribution in [0.3, 0.4) is 0 Å². The molecule has 72 valence electrons. The Bertz CT molecular complexity index is 255. The van der Waals surface area contributed by atoms with Crippen LogP contribution in [0.15, 0.2) is 24.3 Å². The van der Waals surface area contributed by atoms with Gasteiger partial charge >= 0.3 is 0 Å². The molecule has 0 aliphatic heterocycles. The van der Waals surface area contributed by atoms with E-state index in [2.05, 4.69) is 13.8 Å². The highest BCUT2D eigenvalue weighted by Gasteiger charge is 2.12. The normalized spacial score (nSPS) is 15.4. The fourth-order valence-electron chi connectivity index (χ4n) is 1.27. The van der Waals surface area contributed by atoms with Crippen molar-refractivity contribution in [1.82, 2.24) is 0 Å². The van der Waals surface area contributed by atoms with Crippen molar-refractivity contribution in [3.8, 4) is 0 Å². The number of rotatable bonds is 3. The van der Waals surface area contributed by atoms with Crippen LogP contribution in [0.1, 0.15) is 31.9 Å². The minimum Gasteiger partial charge on any atom is -0.324 e. The van der Waals surface area contributed by atoms with Gasteiger partial charge in [0.2, 0.25) is 0 Å². The highest BCUT2D eigenvalue weighted by molar-refractivity contribution is 6.30. The molecule has 0 aromatic heterocycles. The van der Waals surface area contributed by atoms with E-state index in [1.165, 1.54) is 5.56 Å². The molecule has 1 nitrogen and oxygen atoms in total. The zero-order chi connectivity index (χ0) is 9.84. The molecule has 13 heavy (non-hydrogen) atoms. The minimum absolute atomic E-state index is 0.127. The second-order valence-corrected chi connectivity index (χ2v) is 3.90. The Morgan fingerprint density at radius 3 is 2.31 bits per heavy atom. The lowest BCUT2D eigenvalue weighted by Crippen LogP contribution is -2.18. The third-order valence-corrected chi connectivity index (χ3v) is 2.76. The molecule has 0 heterocycles. The molecule has 0 spiro atoms. The van der Waals surface area contributed by atoms with Crippen LogP contribution >= 0.6 is 11.6 Å². The zero-order valence-corrected chi connectivity index (χ0v) is 8.88. The molecule has 0 saturated heterocycles. The maximum Gasteiger partial charge on any atom is 0.0406 e. The fourth-order valence-corrected chi connectivity index (χ4v) is 1.39. The molecule has 0 unspecified atom stereocenters. The zero-order valence-electron chi connectivity index (χ0n) is 8.13. The van der Waals surface area contributed by atoms with Gasteiger partial charge in [-0.2, -0.15) is 0 Å². The number of benzene rings is 1. The Hall–Kier alpha value is -0.530. The van der Waals surface area contributed by atoms with Crippen molar-refractivity contribution in [1.29, 1.82) is 0 Å². The van der Waals surface area contributed by atoms with E-state index < -0.39 is 0 Å². The smallest absolute Gasteiger partial charge is 0.0406 e. The molecular formula is C11H16ClN. The van der Waals surface area contributed by atoms with Gasteiger partial charge < -0.3 is 5.73 Å². The van der Waals surface area contributed by atoms with Crippen molar-refractivity contribution in [3.05, 3.63) is 34.9 Å². The molecule has 0 amide bonds. The molecule has 0 fully saturated rings. The van der Waals surface area contributed by atoms with Gasteiger partial charge in [0.1, 0.15) is 0 Å². The summed E-state index contributed by atoms with van der Waals surface area (Å²) in [6.07, 6.45) is 1.10.